The number of benzene rings is 2. The van der Waals surface area contributed by atoms with Crippen LogP contribution in [-0.4, -0.2) is 63.8 Å². The fourth-order valence-electron chi connectivity index (χ4n) is 5.84. The van der Waals surface area contributed by atoms with Crippen molar-refractivity contribution in [1.29, 1.82) is 0 Å². The molecule has 10 nitrogen and oxygen atoms in total. The van der Waals surface area contributed by atoms with Crippen LogP contribution in [-0.2, 0) is 35.2 Å². The Kier molecular flexibility index (Phi) is 12.5. The Morgan fingerprint density at radius 3 is 2.24 bits per heavy atom. The van der Waals surface area contributed by atoms with Crippen LogP contribution in [0.2, 0.25) is 0 Å². The number of ether oxygens (including phenoxy) is 3. The first-order valence-electron chi connectivity index (χ1n) is 16.1. The fraction of sp³-hybridized carbons (Fsp3) is 0.571. The van der Waals surface area contributed by atoms with Crippen molar-refractivity contribution < 1.29 is 38.8 Å². The molecule has 2 fully saturated rings. The molecule has 2 aliphatic rings. The molecule has 2 aromatic carbocycles. The highest BCUT2D eigenvalue weighted by atomic mass is 16.7. The van der Waals surface area contributed by atoms with Crippen molar-refractivity contribution in [3.8, 4) is 0 Å². The van der Waals surface area contributed by atoms with Crippen LogP contribution in [0.4, 0.5) is 5.69 Å². The molecular formula is C35H48N2O8. The monoisotopic (exact) mass is 624 g/mol. The number of carboxylic acid groups (broad SMARTS) is 1. The van der Waals surface area contributed by atoms with E-state index in [1.807, 2.05) is 69.3 Å². The molecule has 1 amide bonds. The van der Waals surface area contributed by atoms with Gasteiger partial charge in [0.15, 0.2) is 6.29 Å². The largest absolute Gasteiger partial charge is 0.481 e. The van der Waals surface area contributed by atoms with Crippen LogP contribution in [0.25, 0.3) is 0 Å². The summed E-state index contributed by atoms with van der Waals surface area (Å²) in [7, 11) is 0. The molecule has 0 unspecified atom stereocenters. The topological polar surface area (TPSA) is 135 Å². The molecular weight excluding hydrogens is 576 g/mol. The molecule has 2 aromatic rings. The van der Waals surface area contributed by atoms with Crippen LogP contribution in [0.15, 0.2) is 48.5 Å². The van der Waals surface area contributed by atoms with E-state index >= 15 is 0 Å². The number of aliphatic hydroxyl groups is 1. The smallest absolute Gasteiger partial charge is 0.323 e. The first-order valence-corrected chi connectivity index (χ1v) is 16.1. The number of nitrogens with zero attached hydrogens (tertiary/aromatic N) is 1. The van der Waals surface area contributed by atoms with Crippen molar-refractivity contribution in [2.45, 2.75) is 115 Å². The number of nitrogens with one attached hydrogen (secondary N) is 1. The number of anilines is 1. The van der Waals surface area contributed by atoms with Crippen LogP contribution < -0.4 is 5.32 Å². The molecule has 0 bridgehead atoms. The highest BCUT2D eigenvalue weighted by Crippen LogP contribution is 2.39. The van der Waals surface area contributed by atoms with Gasteiger partial charge in [-0.15, -0.1) is 0 Å². The summed E-state index contributed by atoms with van der Waals surface area (Å²) < 4.78 is 18.7. The first-order chi connectivity index (χ1) is 21.5. The maximum Gasteiger partial charge on any atom is 0.323 e. The van der Waals surface area contributed by atoms with Gasteiger partial charge in [-0.05, 0) is 76.3 Å². The van der Waals surface area contributed by atoms with Gasteiger partial charge in [-0.25, -0.2) is 0 Å². The molecule has 0 saturated carbocycles. The number of aliphatic carboxylic acids is 1. The Hall–Kier alpha value is -3.31. The lowest BCUT2D eigenvalue weighted by molar-refractivity contribution is -0.253. The summed E-state index contributed by atoms with van der Waals surface area (Å²) in [6.07, 6.45) is 4.66. The molecule has 0 aliphatic carbocycles. The Morgan fingerprint density at radius 2 is 1.60 bits per heavy atom. The van der Waals surface area contributed by atoms with Gasteiger partial charge >= 0.3 is 11.9 Å². The van der Waals surface area contributed by atoms with Crippen LogP contribution in [0.1, 0.15) is 108 Å². The van der Waals surface area contributed by atoms with E-state index in [-0.39, 0.29) is 43.2 Å². The Bertz CT molecular complexity index is 1260. The molecule has 246 valence electrons. The van der Waals surface area contributed by atoms with Gasteiger partial charge in [0.2, 0.25) is 5.91 Å². The van der Waals surface area contributed by atoms with E-state index in [2.05, 4.69) is 10.2 Å². The number of esters is 1. The number of carbonyl (C=O) groups excluding carboxylic acids is 2. The number of unbranched alkanes of at least 4 members (excludes halogenated alkanes) is 3. The van der Waals surface area contributed by atoms with Crippen LogP contribution in [0.3, 0.4) is 0 Å². The normalized spacial score (nSPS) is 22.2. The van der Waals surface area contributed by atoms with Gasteiger partial charge in [0.05, 0.1) is 18.8 Å². The van der Waals surface area contributed by atoms with E-state index < -0.39 is 17.9 Å². The summed E-state index contributed by atoms with van der Waals surface area (Å²) in [6, 6.07) is 14.9. The molecule has 3 N–H and O–H groups in total. The van der Waals surface area contributed by atoms with Crippen molar-refractivity contribution >= 4 is 23.5 Å². The van der Waals surface area contributed by atoms with Gasteiger partial charge in [0, 0.05) is 37.1 Å². The van der Waals surface area contributed by atoms with Gasteiger partial charge in [-0.1, -0.05) is 49.2 Å². The zero-order chi connectivity index (χ0) is 32.4. The van der Waals surface area contributed by atoms with E-state index in [0.717, 1.165) is 48.9 Å². The SMILES string of the molecule is CC(C)(C)OC(=O)[C@@H]1CCCN1C[C@H]1C[C@@H](c2ccc(CO)cc2)O[C@@H](c2ccc(NC(=O)CCCCCCC(=O)O)cc2)O1. The Morgan fingerprint density at radius 1 is 0.933 bits per heavy atom. The molecule has 4 atom stereocenters. The lowest BCUT2D eigenvalue weighted by Crippen LogP contribution is -2.45. The number of hydrogen-bond donors (Lipinski definition) is 3. The summed E-state index contributed by atoms with van der Waals surface area (Å²) in [5.74, 6) is -1.07. The zero-order valence-corrected chi connectivity index (χ0v) is 26.7. The van der Waals surface area contributed by atoms with Crippen molar-refractivity contribution in [2.75, 3.05) is 18.4 Å². The average Bonchev–Trinajstić information content (AvgIpc) is 3.46. The molecule has 4 rings (SSSR count). The predicted molar refractivity (Wildman–Crippen MR) is 169 cm³/mol. The second-order valence-electron chi connectivity index (χ2n) is 13.0. The van der Waals surface area contributed by atoms with Gasteiger partial charge in [0.25, 0.3) is 0 Å². The van der Waals surface area contributed by atoms with Gasteiger partial charge in [-0.3, -0.25) is 19.3 Å². The van der Waals surface area contributed by atoms with Crippen molar-refractivity contribution in [3.05, 3.63) is 65.2 Å². The van der Waals surface area contributed by atoms with Gasteiger partial charge in [-0.2, -0.15) is 0 Å². The number of aliphatic hydroxyl groups excluding tert-OH is 1. The summed E-state index contributed by atoms with van der Waals surface area (Å²) in [6.45, 7) is 6.98. The molecule has 2 saturated heterocycles. The fourth-order valence-corrected chi connectivity index (χ4v) is 5.84. The maximum atomic E-state index is 13.0. The van der Waals surface area contributed by atoms with Gasteiger partial charge < -0.3 is 29.7 Å². The van der Waals surface area contributed by atoms with E-state index in [4.69, 9.17) is 19.3 Å². The molecule has 10 heteroatoms. The second-order valence-corrected chi connectivity index (χ2v) is 13.0. The molecule has 0 radical (unpaired) electrons. The quantitative estimate of drug-likeness (QED) is 0.174. The number of rotatable bonds is 14. The third-order valence-electron chi connectivity index (χ3n) is 8.11. The summed E-state index contributed by atoms with van der Waals surface area (Å²) in [4.78, 5) is 38.2. The van der Waals surface area contributed by atoms with E-state index in [0.29, 0.717) is 37.9 Å². The number of hydrogen-bond acceptors (Lipinski definition) is 8. The van der Waals surface area contributed by atoms with E-state index in [1.165, 1.54) is 0 Å². The molecule has 0 aromatic heterocycles. The minimum Gasteiger partial charge on any atom is -0.481 e. The summed E-state index contributed by atoms with van der Waals surface area (Å²) in [5, 5.41) is 21.2. The van der Waals surface area contributed by atoms with Crippen LogP contribution in [0.5, 0.6) is 0 Å². The lowest BCUT2D eigenvalue weighted by Gasteiger charge is -2.38. The number of amides is 1. The molecule has 2 aliphatic heterocycles. The standard InChI is InChI=1S/C35H48N2O8/c1-35(2,3)45-33(42)29-9-8-20-37(29)22-28-21-30(25-14-12-24(23-38)13-15-25)44-34(43-28)26-16-18-27(19-17-26)36-31(39)10-6-4-5-7-11-32(40)41/h12-19,28-30,34,38H,4-11,20-23H2,1-3H3,(H,36,39)(H,40,41)/t28-,29+,30+,34+/m1/s1. The van der Waals surface area contributed by atoms with E-state index in [1.54, 1.807) is 0 Å². The third-order valence-corrected chi connectivity index (χ3v) is 8.11. The predicted octanol–water partition coefficient (Wildman–Crippen LogP) is 5.89. The van der Waals surface area contributed by atoms with Crippen LogP contribution >= 0.6 is 0 Å². The number of carbonyl (C=O) groups is 3. The van der Waals surface area contributed by atoms with E-state index in [9.17, 15) is 19.5 Å². The van der Waals surface area contributed by atoms with Crippen molar-refractivity contribution in [1.82, 2.24) is 4.90 Å². The number of likely N-dealkylation sites (tertiary alicyclic amines) is 1. The first kappa shape index (κ1) is 34.6. The second kappa shape index (κ2) is 16.3. The maximum absolute atomic E-state index is 13.0. The highest BCUT2D eigenvalue weighted by Gasteiger charge is 2.38. The van der Waals surface area contributed by atoms with Crippen molar-refractivity contribution in [3.63, 3.8) is 0 Å². The Labute approximate surface area is 266 Å². The number of carboxylic acids is 1. The molecule has 2 heterocycles. The summed E-state index contributed by atoms with van der Waals surface area (Å²) >= 11 is 0. The summed E-state index contributed by atoms with van der Waals surface area (Å²) in [5.41, 5.74) is 2.76. The van der Waals surface area contributed by atoms with Crippen LogP contribution in [0, 0.1) is 0 Å². The zero-order valence-electron chi connectivity index (χ0n) is 26.7. The molecule has 0 spiro atoms. The molecule has 45 heavy (non-hydrogen) atoms. The average molecular weight is 625 g/mol. The van der Waals surface area contributed by atoms with Gasteiger partial charge in [0.1, 0.15) is 11.6 Å². The van der Waals surface area contributed by atoms with Crippen molar-refractivity contribution in [2.24, 2.45) is 0 Å². The third kappa shape index (κ3) is 10.9. The highest BCUT2D eigenvalue weighted by molar-refractivity contribution is 5.90. The Balaban J connectivity index is 1.40. The lowest BCUT2D eigenvalue weighted by atomic mass is 9.99. The minimum absolute atomic E-state index is 0.0309. The minimum atomic E-state index is -0.790.